The maximum Gasteiger partial charge on any atom is 1.00 e. The molecule has 0 aliphatic rings. The van der Waals surface area contributed by atoms with Crippen LogP contribution in [0.25, 0.3) is 21.8 Å². The van der Waals surface area contributed by atoms with Crippen LogP contribution in [0, 0.1) is 20.3 Å². The second kappa shape index (κ2) is 10.7. The number of nitrogens with zero attached hydrogens (tertiary/aromatic N) is 1. The Kier molecular flexibility index (Phi) is 9.79. The van der Waals surface area contributed by atoms with E-state index in [0.717, 1.165) is 11.0 Å². The average Bonchev–Trinajstić information content (AvgIpc) is 2.84. The van der Waals surface area contributed by atoms with Crippen LogP contribution in [0.1, 0.15) is 30.9 Å². The molecule has 0 unspecified atom stereocenters. The summed E-state index contributed by atoms with van der Waals surface area (Å²) in [5, 5.41) is 2.52. The quantitative estimate of drug-likeness (QED) is 0.418. The molecule has 0 spiro atoms. The van der Waals surface area contributed by atoms with Gasteiger partial charge in [0.1, 0.15) is 0 Å². The molecule has 0 bridgehead atoms. The van der Waals surface area contributed by atoms with Gasteiger partial charge in [-0.05, 0) is 24.6 Å². The van der Waals surface area contributed by atoms with E-state index in [9.17, 15) is 0 Å². The second-order valence-corrected chi connectivity index (χ2v) is 6.60. The smallest absolute Gasteiger partial charge is 0.657 e. The molecule has 3 aromatic rings. The Morgan fingerprint density at radius 2 is 1.42 bits per heavy atom. The molecular weight excluding hydrogens is 319 g/mol. The van der Waals surface area contributed by atoms with Gasteiger partial charge in [0.2, 0.25) is 0 Å². The molecule has 1 N–H and O–H groups in total. The molecule has 0 radical (unpaired) electrons. The normalized spacial score (nSPS) is 10.6. The van der Waals surface area contributed by atoms with Crippen LogP contribution in [0.2, 0.25) is 0 Å². The van der Waals surface area contributed by atoms with Crippen LogP contribution in [0.4, 0.5) is 0 Å². The molecule has 2 nitrogen and oxygen atoms in total. The summed E-state index contributed by atoms with van der Waals surface area (Å²) in [6.45, 7) is 7.66. The van der Waals surface area contributed by atoms with Gasteiger partial charge < -0.3 is 16.3 Å². The molecule has 1 aromatic heterocycles. The number of unbranched alkanes of at least 4 members (excludes halogenated alkanes) is 2. The average molecular weight is 349 g/mol. The van der Waals surface area contributed by atoms with Gasteiger partial charge in [0.05, 0.1) is 14.1 Å². The van der Waals surface area contributed by atoms with E-state index in [-0.39, 0.29) is 51.4 Å². The number of hydrogen-bond acceptors (Lipinski definition) is 0. The third-order valence-corrected chi connectivity index (χ3v) is 3.97. The van der Waals surface area contributed by atoms with Gasteiger partial charge in [-0.1, -0.05) is 54.4 Å². The molecule has 3 heteroatoms. The number of quaternary nitrogens is 1. The van der Waals surface area contributed by atoms with Crippen molar-refractivity contribution in [3.63, 3.8) is 0 Å². The molecule has 2 aromatic carbocycles. The summed E-state index contributed by atoms with van der Waals surface area (Å²) in [5.41, 5.74) is 4.75. The van der Waals surface area contributed by atoms with Gasteiger partial charge in [-0.25, -0.2) is 0 Å². The number of benzene rings is 2. The van der Waals surface area contributed by atoms with Crippen molar-refractivity contribution in [2.75, 3.05) is 20.6 Å². The molecule has 0 amide bonds. The van der Waals surface area contributed by atoms with Gasteiger partial charge in [-0.3, -0.25) is 0 Å². The largest absolute Gasteiger partial charge is 1.00 e. The summed E-state index contributed by atoms with van der Waals surface area (Å²) in [6, 6.07) is 12.9. The summed E-state index contributed by atoms with van der Waals surface area (Å²) in [6.07, 6.45) is 4.80. The van der Waals surface area contributed by atoms with Crippen molar-refractivity contribution < 1.29 is 56.3 Å². The molecule has 3 rings (SSSR count). The van der Waals surface area contributed by atoms with Crippen molar-refractivity contribution in [1.82, 2.24) is 4.98 Å². The Bertz CT molecular complexity index is 703. The van der Waals surface area contributed by atoms with E-state index >= 15 is 0 Å². The minimum absolute atomic E-state index is 0. The summed E-state index contributed by atoms with van der Waals surface area (Å²) in [4.78, 5) is 6.17. The van der Waals surface area contributed by atoms with Gasteiger partial charge in [-0.2, -0.15) is 6.42 Å². The van der Waals surface area contributed by atoms with Crippen molar-refractivity contribution in [3.8, 4) is 0 Å². The number of hydrogen-bond donors (Lipinski definition) is 1. The number of aromatic nitrogens is 1. The number of rotatable bonds is 4. The fourth-order valence-electron chi connectivity index (χ4n) is 2.65. The Labute approximate surface area is 189 Å². The molecule has 0 saturated heterocycles. The first-order valence-corrected chi connectivity index (χ1v) is 8.55. The van der Waals surface area contributed by atoms with Crippen LogP contribution < -0.4 is 61.3 Å². The molecular formula is C21H29KN2. The first-order chi connectivity index (χ1) is 11.0. The van der Waals surface area contributed by atoms with E-state index < -0.39 is 0 Å². The fraction of sp³-hybridized carbons (Fsp3) is 0.381. The Hall–Kier alpha value is -0.164. The minimum Gasteiger partial charge on any atom is -0.657 e. The summed E-state index contributed by atoms with van der Waals surface area (Å²) in [7, 11) is 4.37. The van der Waals surface area contributed by atoms with Crippen LogP contribution in [0.3, 0.4) is 0 Å². The Balaban J connectivity index is 0.000000279. The summed E-state index contributed by atoms with van der Waals surface area (Å²) >= 11 is 0. The predicted octanol–water partition coefficient (Wildman–Crippen LogP) is 0.706. The van der Waals surface area contributed by atoms with Crippen LogP contribution in [0.5, 0.6) is 0 Å². The van der Waals surface area contributed by atoms with Crippen molar-refractivity contribution >= 4 is 21.8 Å². The molecule has 0 fully saturated rings. The van der Waals surface area contributed by atoms with Crippen molar-refractivity contribution in [1.29, 1.82) is 0 Å². The van der Waals surface area contributed by atoms with Gasteiger partial charge >= 0.3 is 51.4 Å². The fourth-order valence-corrected chi connectivity index (χ4v) is 2.65. The minimum atomic E-state index is 0. The SMILES string of the molecule is CC[CH-]CC[NH+](C)C.Cc1ccc2c(c1)[n-]c1cc(C)ccc12.[K+]. The van der Waals surface area contributed by atoms with E-state index in [1.165, 1.54) is 46.2 Å². The van der Waals surface area contributed by atoms with Gasteiger partial charge in [0, 0.05) is 6.54 Å². The van der Waals surface area contributed by atoms with Crippen molar-refractivity contribution in [3.05, 3.63) is 53.9 Å². The van der Waals surface area contributed by atoms with Crippen molar-refractivity contribution in [2.45, 2.75) is 33.6 Å². The summed E-state index contributed by atoms with van der Waals surface area (Å²) < 4.78 is 0. The number of aryl methyl sites for hydroxylation is 2. The van der Waals surface area contributed by atoms with Crippen LogP contribution in [-0.2, 0) is 0 Å². The predicted molar refractivity (Wildman–Crippen MR) is 101 cm³/mol. The third kappa shape index (κ3) is 6.29. The molecule has 0 aliphatic heterocycles. The van der Waals surface area contributed by atoms with E-state index in [0.29, 0.717) is 0 Å². The number of fused-ring (bicyclic) bond motifs is 3. The molecule has 24 heavy (non-hydrogen) atoms. The number of nitrogens with one attached hydrogen (secondary N) is 1. The van der Waals surface area contributed by atoms with E-state index in [1.54, 1.807) is 0 Å². The van der Waals surface area contributed by atoms with E-state index in [1.807, 2.05) is 0 Å². The van der Waals surface area contributed by atoms with Crippen LogP contribution in [-0.4, -0.2) is 20.6 Å². The second-order valence-electron chi connectivity index (χ2n) is 6.60. The topological polar surface area (TPSA) is 18.5 Å². The standard InChI is InChI=1S/C14H12N.C7H16N.K/c1-9-3-5-11-12-6-4-10(2)8-14(12)15-13(11)7-9;1-4-5-6-7-8(2)3;/h3-8H,1-2H3;5H,4,6-7H2,1-3H3;/q2*-1;+1/p+1. The molecule has 124 valence electrons. The van der Waals surface area contributed by atoms with Gasteiger partial charge in [0.15, 0.2) is 0 Å². The zero-order valence-corrected chi connectivity index (χ0v) is 19.2. The summed E-state index contributed by atoms with van der Waals surface area (Å²) in [5.74, 6) is 0. The Morgan fingerprint density at radius 3 is 1.83 bits per heavy atom. The molecule has 0 aliphatic carbocycles. The molecule has 0 atom stereocenters. The zero-order chi connectivity index (χ0) is 16.8. The maximum atomic E-state index is 4.64. The van der Waals surface area contributed by atoms with Crippen molar-refractivity contribution in [2.24, 2.45) is 0 Å². The first kappa shape index (κ1) is 21.9. The third-order valence-electron chi connectivity index (χ3n) is 3.97. The van der Waals surface area contributed by atoms with Crippen LogP contribution in [0.15, 0.2) is 36.4 Å². The monoisotopic (exact) mass is 348 g/mol. The van der Waals surface area contributed by atoms with E-state index in [4.69, 9.17) is 0 Å². The van der Waals surface area contributed by atoms with Gasteiger partial charge in [0.25, 0.3) is 0 Å². The zero-order valence-electron chi connectivity index (χ0n) is 16.1. The first-order valence-electron chi connectivity index (χ1n) is 8.55. The maximum absolute atomic E-state index is 4.64. The molecule has 0 saturated carbocycles. The van der Waals surface area contributed by atoms with Gasteiger partial charge in [-0.15, -0.1) is 17.5 Å². The van der Waals surface area contributed by atoms with E-state index in [2.05, 4.69) is 82.7 Å². The Morgan fingerprint density at radius 1 is 0.917 bits per heavy atom. The van der Waals surface area contributed by atoms with Crippen LogP contribution >= 0.6 is 0 Å². The molecule has 1 heterocycles.